The van der Waals surface area contributed by atoms with Crippen LogP contribution in [-0.2, 0) is 14.9 Å². The van der Waals surface area contributed by atoms with Crippen molar-refractivity contribution in [1.29, 1.82) is 0 Å². The minimum absolute atomic E-state index is 0.152. The first kappa shape index (κ1) is 13.9. The number of benzene rings is 1. The van der Waals surface area contributed by atoms with Crippen LogP contribution >= 0.6 is 0 Å². The Morgan fingerprint density at radius 2 is 2.00 bits per heavy atom. The third-order valence-corrected chi connectivity index (χ3v) is 3.96. The molecule has 0 atom stereocenters. The van der Waals surface area contributed by atoms with Crippen LogP contribution in [0.4, 0.5) is 0 Å². The van der Waals surface area contributed by atoms with Gasteiger partial charge in [0.15, 0.2) is 0 Å². The van der Waals surface area contributed by atoms with Gasteiger partial charge in [-0.05, 0) is 37.5 Å². The Labute approximate surface area is 113 Å². The van der Waals surface area contributed by atoms with Crippen molar-refractivity contribution in [2.45, 2.75) is 32.1 Å². The zero-order valence-corrected chi connectivity index (χ0v) is 11.7. The molecule has 1 N–H and O–H groups in total. The maximum absolute atomic E-state index is 10.8. The fraction of sp³-hybridized carbons (Fsp3) is 0.533. The third-order valence-electron chi connectivity index (χ3n) is 3.96. The molecule has 1 aliphatic rings. The topological polar surface area (TPSA) is 55.8 Å². The Hall–Kier alpha value is -1.55. The lowest BCUT2D eigenvalue weighted by atomic mass is 9.74. The highest BCUT2D eigenvalue weighted by Crippen LogP contribution is 2.42. The van der Waals surface area contributed by atoms with E-state index in [4.69, 9.17) is 14.6 Å². The predicted octanol–water partition coefficient (Wildman–Crippen LogP) is 2.44. The van der Waals surface area contributed by atoms with Gasteiger partial charge in [0, 0.05) is 17.4 Å². The van der Waals surface area contributed by atoms with E-state index in [0.29, 0.717) is 19.6 Å². The molecule has 0 radical (unpaired) electrons. The molecule has 4 nitrogen and oxygen atoms in total. The molecular weight excluding hydrogens is 244 g/mol. The Kier molecular flexibility index (Phi) is 3.80. The van der Waals surface area contributed by atoms with Crippen LogP contribution < -0.4 is 4.74 Å². The van der Waals surface area contributed by atoms with E-state index < -0.39 is 5.97 Å². The number of carboxylic acids is 1. The molecule has 1 saturated heterocycles. The number of aliphatic carboxylic acids is 1. The van der Waals surface area contributed by atoms with Crippen molar-refractivity contribution in [1.82, 2.24) is 0 Å². The largest absolute Gasteiger partial charge is 0.496 e. The molecule has 0 unspecified atom stereocenters. The molecule has 4 heteroatoms. The number of ether oxygens (including phenoxy) is 2. The summed E-state index contributed by atoms with van der Waals surface area (Å²) in [6.07, 6.45) is 0.737. The molecule has 1 aromatic rings. The summed E-state index contributed by atoms with van der Waals surface area (Å²) in [6.45, 7) is 5.24. The highest BCUT2D eigenvalue weighted by Gasteiger charge is 2.42. The summed E-state index contributed by atoms with van der Waals surface area (Å²) < 4.78 is 10.8. The number of methoxy groups -OCH3 is 1. The van der Waals surface area contributed by atoms with E-state index >= 15 is 0 Å². The van der Waals surface area contributed by atoms with Gasteiger partial charge in [-0.1, -0.05) is 6.07 Å². The molecule has 0 aromatic heterocycles. The van der Waals surface area contributed by atoms with Crippen molar-refractivity contribution in [3.8, 4) is 5.75 Å². The van der Waals surface area contributed by atoms with Crippen molar-refractivity contribution in [3.63, 3.8) is 0 Å². The summed E-state index contributed by atoms with van der Waals surface area (Å²) in [7, 11) is 1.65. The molecule has 104 valence electrons. The highest BCUT2D eigenvalue weighted by atomic mass is 16.5. The van der Waals surface area contributed by atoms with Crippen LogP contribution in [0.15, 0.2) is 12.1 Å². The molecule has 0 spiro atoms. The Morgan fingerprint density at radius 3 is 2.47 bits per heavy atom. The molecule has 2 rings (SSSR count). The molecular formula is C15H20O4. The van der Waals surface area contributed by atoms with Crippen LogP contribution in [0.3, 0.4) is 0 Å². The lowest BCUT2D eigenvalue weighted by Crippen LogP contribution is -2.47. The van der Waals surface area contributed by atoms with Crippen LogP contribution in [0.25, 0.3) is 0 Å². The van der Waals surface area contributed by atoms with E-state index in [9.17, 15) is 4.79 Å². The summed E-state index contributed by atoms with van der Waals surface area (Å²) in [5.74, 6) is 0.0610. The van der Waals surface area contributed by atoms with Gasteiger partial charge in [0.25, 0.3) is 0 Å². The molecule has 1 aliphatic heterocycles. The second-order valence-electron chi connectivity index (χ2n) is 5.30. The van der Waals surface area contributed by atoms with Gasteiger partial charge in [-0.3, -0.25) is 4.79 Å². The zero-order valence-electron chi connectivity index (χ0n) is 11.7. The number of hydrogen-bond donors (Lipinski definition) is 1. The number of carboxylic acid groups (broad SMARTS) is 1. The molecule has 0 bridgehead atoms. The van der Waals surface area contributed by atoms with E-state index in [1.54, 1.807) is 7.11 Å². The van der Waals surface area contributed by atoms with Gasteiger partial charge in [-0.15, -0.1) is 0 Å². The van der Waals surface area contributed by atoms with Crippen LogP contribution in [0, 0.1) is 13.8 Å². The van der Waals surface area contributed by atoms with E-state index in [1.165, 1.54) is 11.1 Å². The normalized spacial score (nSPS) is 16.8. The summed E-state index contributed by atoms with van der Waals surface area (Å²) >= 11 is 0. The molecule has 1 fully saturated rings. The summed E-state index contributed by atoms with van der Waals surface area (Å²) in [5.41, 5.74) is 3.24. The maximum Gasteiger partial charge on any atom is 0.303 e. The first-order valence-corrected chi connectivity index (χ1v) is 6.44. The molecule has 1 aromatic carbocycles. The lowest BCUT2D eigenvalue weighted by molar-refractivity contribution is -0.139. The third kappa shape index (κ3) is 2.59. The maximum atomic E-state index is 10.8. The molecule has 0 amide bonds. The van der Waals surface area contributed by atoms with Gasteiger partial charge < -0.3 is 14.6 Å². The monoisotopic (exact) mass is 264 g/mol. The fourth-order valence-electron chi connectivity index (χ4n) is 2.50. The number of hydrogen-bond acceptors (Lipinski definition) is 3. The molecule has 0 saturated carbocycles. The first-order chi connectivity index (χ1) is 8.98. The molecule has 1 heterocycles. The number of aryl methyl sites for hydroxylation is 2. The average molecular weight is 264 g/mol. The van der Waals surface area contributed by atoms with E-state index in [0.717, 1.165) is 11.3 Å². The molecule has 0 aliphatic carbocycles. The number of carbonyl (C=O) groups is 1. The minimum Gasteiger partial charge on any atom is -0.496 e. The fourth-order valence-corrected chi connectivity index (χ4v) is 2.50. The van der Waals surface area contributed by atoms with E-state index in [2.05, 4.69) is 13.0 Å². The summed E-state index contributed by atoms with van der Waals surface area (Å²) in [5, 5.41) is 8.90. The average Bonchev–Trinajstić information content (AvgIpc) is 2.31. The SMILES string of the molecule is COc1cc(C)c(C)cc1C1(CCC(=O)O)COC1. The predicted molar refractivity (Wildman–Crippen MR) is 71.8 cm³/mol. The van der Waals surface area contributed by atoms with Gasteiger partial charge in [-0.25, -0.2) is 0 Å². The smallest absolute Gasteiger partial charge is 0.303 e. The first-order valence-electron chi connectivity index (χ1n) is 6.44. The van der Waals surface area contributed by atoms with Gasteiger partial charge in [-0.2, -0.15) is 0 Å². The van der Waals surface area contributed by atoms with Crippen molar-refractivity contribution in [3.05, 3.63) is 28.8 Å². The number of rotatable bonds is 5. The van der Waals surface area contributed by atoms with Gasteiger partial charge in [0.05, 0.1) is 20.3 Å². The second kappa shape index (κ2) is 5.21. The van der Waals surface area contributed by atoms with Gasteiger partial charge in [0.2, 0.25) is 0 Å². The Balaban J connectivity index is 2.37. The van der Waals surface area contributed by atoms with Crippen LogP contribution in [0.2, 0.25) is 0 Å². The minimum atomic E-state index is -0.769. The van der Waals surface area contributed by atoms with Crippen LogP contribution in [0.1, 0.15) is 29.5 Å². The second-order valence-corrected chi connectivity index (χ2v) is 5.30. The van der Waals surface area contributed by atoms with Crippen molar-refractivity contribution in [2.75, 3.05) is 20.3 Å². The lowest BCUT2D eigenvalue weighted by Gasteiger charge is -2.42. The van der Waals surface area contributed by atoms with Crippen molar-refractivity contribution < 1.29 is 19.4 Å². The van der Waals surface area contributed by atoms with Crippen molar-refractivity contribution in [2.24, 2.45) is 0 Å². The summed E-state index contributed by atoms with van der Waals surface area (Å²) in [4.78, 5) is 10.8. The quantitative estimate of drug-likeness (QED) is 0.887. The standard InChI is InChI=1S/C15H20O4/c1-10-6-12(13(18-3)7-11(10)2)15(8-19-9-15)5-4-14(16)17/h6-7H,4-5,8-9H2,1-3H3,(H,16,17). The van der Waals surface area contributed by atoms with E-state index in [-0.39, 0.29) is 11.8 Å². The van der Waals surface area contributed by atoms with Gasteiger partial charge in [0.1, 0.15) is 5.75 Å². The zero-order chi connectivity index (χ0) is 14.0. The van der Waals surface area contributed by atoms with Crippen molar-refractivity contribution >= 4 is 5.97 Å². The van der Waals surface area contributed by atoms with Crippen LogP contribution in [0.5, 0.6) is 5.75 Å². The van der Waals surface area contributed by atoms with Gasteiger partial charge >= 0.3 is 5.97 Å². The highest BCUT2D eigenvalue weighted by molar-refractivity contribution is 5.67. The summed E-state index contributed by atoms with van der Waals surface area (Å²) in [6, 6.07) is 4.13. The Bertz CT molecular complexity index is 489. The van der Waals surface area contributed by atoms with Crippen LogP contribution in [-0.4, -0.2) is 31.4 Å². The molecule has 19 heavy (non-hydrogen) atoms. The van der Waals surface area contributed by atoms with E-state index in [1.807, 2.05) is 13.0 Å². The Morgan fingerprint density at radius 1 is 1.37 bits per heavy atom.